The molecule has 0 bridgehead atoms. The van der Waals surface area contributed by atoms with Gasteiger partial charge in [-0.05, 0) is 54.6 Å². The van der Waals surface area contributed by atoms with Crippen LogP contribution in [0, 0.1) is 0 Å². The zero-order chi connectivity index (χ0) is 24.3. The predicted molar refractivity (Wildman–Crippen MR) is 150 cm³/mol. The van der Waals surface area contributed by atoms with E-state index in [9.17, 15) is 0 Å². The average Bonchev–Trinajstić information content (AvgIpc) is 3.63. The lowest BCUT2D eigenvalue weighted by Gasteiger charge is -2.12. The summed E-state index contributed by atoms with van der Waals surface area (Å²) < 4.78 is 6.72. The second-order valence-electron chi connectivity index (χ2n) is 9.21. The lowest BCUT2D eigenvalue weighted by molar-refractivity contribution is 1.08. The summed E-state index contributed by atoms with van der Waals surface area (Å²) in [5.41, 5.74) is 9.41. The Morgan fingerprint density at radius 2 is 1.30 bits per heavy atom. The van der Waals surface area contributed by atoms with Crippen molar-refractivity contribution in [3.8, 4) is 22.8 Å². The van der Waals surface area contributed by atoms with Gasteiger partial charge in [0.2, 0.25) is 0 Å². The molecule has 0 radical (unpaired) electrons. The number of hydrogen-bond acceptors (Lipinski definition) is 2. The fourth-order valence-electron chi connectivity index (χ4n) is 5.46. The molecule has 0 aliphatic heterocycles. The van der Waals surface area contributed by atoms with Gasteiger partial charge in [-0.1, -0.05) is 66.7 Å². The summed E-state index contributed by atoms with van der Waals surface area (Å²) in [5.74, 6) is 0.917. The van der Waals surface area contributed by atoms with Crippen molar-refractivity contribution in [1.29, 1.82) is 0 Å². The van der Waals surface area contributed by atoms with Crippen molar-refractivity contribution in [2.75, 3.05) is 0 Å². The van der Waals surface area contributed by atoms with Crippen LogP contribution in [0.15, 0.2) is 128 Å². The molecule has 0 aliphatic carbocycles. The molecule has 0 atom stereocenters. The molecule has 0 amide bonds. The van der Waals surface area contributed by atoms with E-state index in [-0.39, 0.29) is 0 Å². The van der Waals surface area contributed by atoms with E-state index in [1.807, 2.05) is 18.2 Å². The Bertz CT molecular complexity index is 2090. The van der Waals surface area contributed by atoms with Gasteiger partial charge < -0.3 is 0 Å². The fraction of sp³-hybridized carbons (Fsp3) is 0. The molecular weight excluding hydrogens is 454 g/mol. The quantitative estimate of drug-likeness (QED) is 0.266. The summed E-state index contributed by atoms with van der Waals surface area (Å²) in [6.07, 6.45) is 2.08. The second-order valence-corrected chi connectivity index (χ2v) is 9.21. The van der Waals surface area contributed by atoms with Crippen LogP contribution in [0.3, 0.4) is 0 Å². The number of nitrogens with zero attached hydrogens (tertiary/aromatic N) is 5. The number of pyridine rings is 1. The summed E-state index contributed by atoms with van der Waals surface area (Å²) in [7, 11) is 0. The molecule has 0 fully saturated rings. The van der Waals surface area contributed by atoms with Gasteiger partial charge in [0.15, 0.2) is 5.65 Å². The highest BCUT2D eigenvalue weighted by molar-refractivity contribution is 6.07. The van der Waals surface area contributed by atoms with Crippen LogP contribution in [-0.4, -0.2) is 23.5 Å². The summed E-state index contributed by atoms with van der Waals surface area (Å²) in [5, 5.41) is 1.14. The van der Waals surface area contributed by atoms with Crippen LogP contribution in [0.2, 0.25) is 0 Å². The third-order valence-corrected chi connectivity index (χ3v) is 7.05. The van der Waals surface area contributed by atoms with Crippen molar-refractivity contribution in [1.82, 2.24) is 23.5 Å². The van der Waals surface area contributed by atoms with E-state index in [1.54, 1.807) is 0 Å². The Morgan fingerprint density at radius 3 is 2.22 bits per heavy atom. The Kier molecular flexibility index (Phi) is 4.16. The molecule has 0 saturated carbocycles. The molecule has 0 unspecified atom stereocenters. The smallest absolute Gasteiger partial charge is 0.150 e. The maximum atomic E-state index is 5.08. The molecule has 174 valence electrons. The second kappa shape index (κ2) is 7.67. The number of para-hydroxylation sites is 4. The number of fused-ring (bicyclic) bond motifs is 6. The van der Waals surface area contributed by atoms with Crippen LogP contribution in [0.4, 0.5) is 0 Å². The molecule has 4 heterocycles. The van der Waals surface area contributed by atoms with Crippen LogP contribution in [0.5, 0.6) is 0 Å². The minimum absolute atomic E-state index is 0.917. The molecule has 4 aromatic heterocycles. The number of imidazole rings is 2. The van der Waals surface area contributed by atoms with E-state index in [2.05, 4.69) is 123 Å². The van der Waals surface area contributed by atoms with Gasteiger partial charge in [-0.15, -0.1) is 0 Å². The number of hydrogen-bond donors (Lipinski definition) is 0. The summed E-state index contributed by atoms with van der Waals surface area (Å²) in [6.45, 7) is 0. The highest BCUT2D eigenvalue weighted by Crippen LogP contribution is 2.34. The first kappa shape index (κ1) is 20.1. The summed E-state index contributed by atoms with van der Waals surface area (Å²) in [6, 6.07) is 42.0. The molecule has 0 aliphatic rings. The van der Waals surface area contributed by atoms with Crippen LogP contribution in [-0.2, 0) is 0 Å². The maximum Gasteiger partial charge on any atom is 0.150 e. The largest absolute Gasteiger partial charge is 0.294 e. The lowest BCUT2D eigenvalue weighted by Crippen LogP contribution is -2.00. The van der Waals surface area contributed by atoms with E-state index >= 15 is 0 Å². The highest BCUT2D eigenvalue weighted by atomic mass is 15.1. The molecule has 4 aromatic carbocycles. The number of aromatic nitrogens is 5. The molecular formula is C32H21N5. The maximum absolute atomic E-state index is 5.08. The fourth-order valence-corrected chi connectivity index (χ4v) is 5.46. The van der Waals surface area contributed by atoms with Crippen molar-refractivity contribution >= 4 is 38.7 Å². The Labute approximate surface area is 212 Å². The molecule has 5 heteroatoms. The van der Waals surface area contributed by atoms with E-state index in [4.69, 9.17) is 9.97 Å². The third kappa shape index (κ3) is 2.91. The average molecular weight is 476 g/mol. The van der Waals surface area contributed by atoms with Crippen LogP contribution >= 0.6 is 0 Å². The van der Waals surface area contributed by atoms with Crippen molar-refractivity contribution in [3.63, 3.8) is 0 Å². The Hall–Kier alpha value is -5.16. The standard InChI is InChI=1S/C32H21N5/c1-2-12-23(13-3-1)36-28-18-7-5-16-26(28)33-31(36)22-11-10-14-24(21-22)37-27-17-6-4-15-25(27)30-32(37)35-20-9-8-19-29(35)34-30/h1-21H. The van der Waals surface area contributed by atoms with E-state index in [0.29, 0.717) is 0 Å². The van der Waals surface area contributed by atoms with E-state index in [0.717, 1.165) is 61.5 Å². The predicted octanol–water partition coefficient (Wildman–Crippen LogP) is 7.44. The molecule has 5 nitrogen and oxygen atoms in total. The topological polar surface area (TPSA) is 40.0 Å². The minimum Gasteiger partial charge on any atom is -0.294 e. The first-order valence-corrected chi connectivity index (χ1v) is 12.4. The SMILES string of the molecule is c1ccc(-n2c(-c3cccc(-n4c5ccccc5c5nc6ccccn6c54)c3)nc3ccccc32)cc1. The molecule has 8 rings (SSSR count). The van der Waals surface area contributed by atoms with Gasteiger partial charge in [-0.2, -0.15) is 0 Å². The number of benzene rings is 4. The van der Waals surface area contributed by atoms with Gasteiger partial charge in [0.1, 0.15) is 17.0 Å². The molecule has 0 N–H and O–H groups in total. The monoisotopic (exact) mass is 475 g/mol. The normalized spacial score (nSPS) is 11.8. The first-order valence-electron chi connectivity index (χ1n) is 12.4. The van der Waals surface area contributed by atoms with Gasteiger partial charge in [-0.25, -0.2) is 9.97 Å². The highest BCUT2D eigenvalue weighted by Gasteiger charge is 2.19. The third-order valence-electron chi connectivity index (χ3n) is 7.05. The molecule has 8 aromatic rings. The van der Waals surface area contributed by atoms with Crippen LogP contribution in [0.1, 0.15) is 0 Å². The van der Waals surface area contributed by atoms with Crippen molar-refractivity contribution < 1.29 is 0 Å². The van der Waals surface area contributed by atoms with E-state index < -0.39 is 0 Å². The first-order chi connectivity index (χ1) is 18.4. The van der Waals surface area contributed by atoms with Crippen LogP contribution in [0.25, 0.3) is 61.5 Å². The lowest BCUT2D eigenvalue weighted by atomic mass is 10.1. The molecule has 37 heavy (non-hydrogen) atoms. The van der Waals surface area contributed by atoms with Crippen LogP contribution < -0.4 is 0 Å². The minimum atomic E-state index is 0.917. The van der Waals surface area contributed by atoms with Crippen molar-refractivity contribution in [2.24, 2.45) is 0 Å². The van der Waals surface area contributed by atoms with Crippen molar-refractivity contribution in [3.05, 3.63) is 128 Å². The zero-order valence-electron chi connectivity index (χ0n) is 19.9. The molecule has 0 saturated heterocycles. The van der Waals surface area contributed by atoms with Gasteiger partial charge in [0.25, 0.3) is 0 Å². The Balaban J connectivity index is 1.43. The number of rotatable bonds is 3. The van der Waals surface area contributed by atoms with Gasteiger partial charge in [0.05, 0.1) is 16.6 Å². The van der Waals surface area contributed by atoms with Crippen molar-refractivity contribution in [2.45, 2.75) is 0 Å². The molecule has 0 spiro atoms. The van der Waals surface area contributed by atoms with E-state index in [1.165, 1.54) is 0 Å². The van der Waals surface area contributed by atoms with Gasteiger partial charge >= 0.3 is 0 Å². The van der Waals surface area contributed by atoms with Gasteiger partial charge in [0, 0.05) is 28.5 Å². The summed E-state index contributed by atoms with van der Waals surface area (Å²) in [4.78, 5) is 10.1. The van der Waals surface area contributed by atoms with Gasteiger partial charge in [-0.3, -0.25) is 13.5 Å². The Morgan fingerprint density at radius 1 is 0.541 bits per heavy atom. The zero-order valence-corrected chi connectivity index (χ0v) is 19.9. The summed E-state index contributed by atoms with van der Waals surface area (Å²) >= 11 is 0.